The van der Waals surface area contributed by atoms with Crippen LogP contribution in [0.1, 0.15) is 61.1 Å². The Bertz CT molecular complexity index is 1450. The van der Waals surface area contributed by atoms with Gasteiger partial charge in [0, 0.05) is 49.6 Å². The van der Waals surface area contributed by atoms with Gasteiger partial charge in [0.1, 0.15) is 6.04 Å². The smallest absolute Gasteiger partial charge is 0.278 e. The number of anilines is 1. The zero-order valence-electron chi connectivity index (χ0n) is 24.3. The van der Waals surface area contributed by atoms with Gasteiger partial charge in [0.15, 0.2) is 6.23 Å². The first-order chi connectivity index (χ1) is 20.3. The molecule has 8 rings (SSSR count). The number of piperazine rings is 1. The van der Waals surface area contributed by atoms with Crippen molar-refractivity contribution in [3.05, 3.63) is 65.2 Å². The monoisotopic (exact) mass is 569 g/mol. The Morgan fingerprint density at radius 3 is 2.76 bits per heavy atom. The van der Waals surface area contributed by atoms with Crippen molar-refractivity contribution in [1.82, 2.24) is 20.0 Å². The van der Waals surface area contributed by atoms with Gasteiger partial charge in [0.05, 0.1) is 12.0 Å². The van der Waals surface area contributed by atoms with Crippen molar-refractivity contribution < 1.29 is 19.1 Å². The van der Waals surface area contributed by atoms with E-state index in [9.17, 15) is 14.4 Å². The van der Waals surface area contributed by atoms with Crippen LogP contribution in [0.2, 0.25) is 0 Å². The summed E-state index contributed by atoms with van der Waals surface area (Å²) in [6.45, 7) is 3.97. The third kappa shape index (κ3) is 3.85. The van der Waals surface area contributed by atoms with Crippen LogP contribution in [-0.4, -0.2) is 89.2 Å². The molecule has 5 heterocycles. The van der Waals surface area contributed by atoms with Gasteiger partial charge in [0.25, 0.3) is 5.91 Å². The second kappa shape index (κ2) is 9.54. The number of hydrogen-bond donors (Lipinski definition) is 2. The fourth-order valence-electron chi connectivity index (χ4n) is 8.95. The number of hydrogen-bond acceptors (Lipinski definition) is 6. The summed E-state index contributed by atoms with van der Waals surface area (Å²) in [7, 11) is 2.13. The van der Waals surface area contributed by atoms with Crippen molar-refractivity contribution in [2.75, 3.05) is 32.0 Å². The number of benzene rings is 2. The van der Waals surface area contributed by atoms with Gasteiger partial charge in [-0.3, -0.25) is 19.3 Å². The maximum absolute atomic E-state index is 14.1. The molecular weight excluding hydrogens is 530 g/mol. The quantitative estimate of drug-likeness (QED) is 0.588. The highest BCUT2D eigenvalue weighted by Gasteiger charge is 2.62. The van der Waals surface area contributed by atoms with E-state index in [-0.39, 0.29) is 35.6 Å². The molecule has 0 saturated carbocycles. The molecule has 5 aliphatic heterocycles. The third-order valence-corrected chi connectivity index (χ3v) is 10.9. The van der Waals surface area contributed by atoms with E-state index in [1.165, 1.54) is 16.8 Å². The number of nitrogens with one attached hydrogen (secondary N) is 2. The number of carbonyl (C=O) groups excluding carboxylic acids is 3. The Labute approximate surface area is 246 Å². The molecule has 1 aliphatic carbocycles. The van der Waals surface area contributed by atoms with Gasteiger partial charge in [-0.2, -0.15) is 0 Å². The van der Waals surface area contributed by atoms with Crippen LogP contribution in [0.15, 0.2) is 48.5 Å². The van der Waals surface area contributed by atoms with E-state index >= 15 is 0 Å². The molecule has 4 fully saturated rings. The molecule has 6 aliphatic rings. The summed E-state index contributed by atoms with van der Waals surface area (Å²) in [5, 5.41) is 6.64. The summed E-state index contributed by atoms with van der Waals surface area (Å²) < 4.78 is 6.51. The Balaban J connectivity index is 1.05. The van der Waals surface area contributed by atoms with Crippen LogP contribution in [-0.2, 0) is 25.5 Å². The first-order valence-electron chi connectivity index (χ1n) is 15.6. The molecule has 4 saturated heterocycles. The summed E-state index contributed by atoms with van der Waals surface area (Å²) >= 11 is 0. The Morgan fingerprint density at radius 2 is 1.93 bits per heavy atom. The number of fused-ring (bicyclic) bond motifs is 5. The topological polar surface area (TPSA) is 94.2 Å². The first kappa shape index (κ1) is 26.2. The first-order valence-corrected chi connectivity index (χ1v) is 15.6. The molecule has 42 heavy (non-hydrogen) atoms. The maximum Gasteiger partial charge on any atom is 0.278 e. The van der Waals surface area contributed by atoms with Crippen LogP contribution in [0.5, 0.6) is 0 Å². The van der Waals surface area contributed by atoms with Gasteiger partial charge in [-0.1, -0.05) is 42.5 Å². The fraction of sp³-hybridized carbons (Fsp3) is 0.545. The predicted octanol–water partition coefficient (Wildman–Crippen LogP) is 2.64. The van der Waals surface area contributed by atoms with Crippen LogP contribution < -0.4 is 10.6 Å². The Kier molecular flexibility index (Phi) is 5.96. The minimum Gasteiger partial charge on any atom is -0.384 e. The highest BCUT2D eigenvalue weighted by Crippen LogP contribution is 2.51. The molecule has 0 spiro atoms. The molecule has 9 nitrogen and oxygen atoms in total. The van der Waals surface area contributed by atoms with Crippen LogP contribution in [0.4, 0.5) is 5.69 Å². The van der Waals surface area contributed by atoms with Crippen LogP contribution in [0.3, 0.4) is 0 Å². The molecule has 0 bridgehead atoms. The van der Waals surface area contributed by atoms with Crippen LogP contribution in [0, 0.1) is 5.92 Å². The molecule has 9 heteroatoms. The van der Waals surface area contributed by atoms with Crippen LogP contribution in [0.25, 0.3) is 0 Å². The highest BCUT2D eigenvalue weighted by atomic mass is 16.6. The summed E-state index contributed by atoms with van der Waals surface area (Å²) in [6.07, 6.45) is 3.37. The SMILES string of the molecule is CN1C[C@H](C(=O)N[C@]2(C)OC3[C@@H]4CCCN4C(=O)[C@H](Cc4ccccc4)N3C2=O)CC2c3cccc4c3C(CN4)C[C@H]21. The maximum atomic E-state index is 14.1. The number of ether oxygens (including phenoxy) is 1. The van der Waals surface area contributed by atoms with E-state index in [0.29, 0.717) is 31.5 Å². The number of piperidine rings is 1. The zero-order valence-corrected chi connectivity index (χ0v) is 24.3. The molecule has 220 valence electrons. The number of carbonyl (C=O) groups is 3. The van der Waals surface area contributed by atoms with Gasteiger partial charge in [0.2, 0.25) is 17.5 Å². The number of nitrogens with zero attached hydrogens (tertiary/aromatic N) is 3. The molecule has 0 radical (unpaired) electrons. The number of rotatable bonds is 4. The van der Waals surface area contributed by atoms with E-state index in [4.69, 9.17) is 4.74 Å². The highest BCUT2D eigenvalue weighted by molar-refractivity contribution is 5.97. The standard InChI is InChI=1S/C33H39N5O4/c1-33(32(41)38-27(14-19-8-4-3-5-9-19)30(40)37-13-7-12-25(37)31(38)42-33)35-29(39)21-15-23-22-10-6-11-24-28(22)20(17-34-24)16-26(23)36(2)18-21/h3-6,8-11,20-21,23,25-27,31,34H,7,12-18H2,1-2H3,(H,35,39)/t20?,21-,23?,25+,26-,27+,31?,33-/m1/s1. The summed E-state index contributed by atoms with van der Waals surface area (Å²) in [6, 6.07) is 15.9. The molecule has 2 aromatic carbocycles. The van der Waals surface area contributed by atoms with Gasteiger partial charge in [-0.05, 0) is 62.4 Å². The van der Waals surface area contributed by atoms with Crippen molar-refractivity contribution in [3.63, 3.8) is 0 Å². The van der Waals surface area contributed by atoms with E-state index in [1.807, 2.05) is 35.2 Å². The minimum absolute atomic E-state index is 0.0226. The van der Waals surface area contributed by atoms with Gasteiger partial charge >= 0.3 is 0 Å². The van der Waals surface area contributed by atoms with E-state index in [1.54, 1.807) is 11.8 Å². The number of likely N-dealkylation sites (tertiary alicyclic amines) is 1. The van der Waals surface area contributed by atoms with E-state index in [0.717, 1.165) is 37.8 Å². The second-order valence-electron chi connectivity index (χ2n) is 13.4. The average molecular weight is 570 g/mol. The van der Waals surface area contributed by atoms with Gasteiger partial charge in [-0.15, -0.1) is 0 Å². The average Bonchev–Trinajstić information content (AvgIpc) is 3.70. The lowest BCUT2D eigenvalue weighted by molar-refractivity contribution is -0.166. The molecule has 8 atom stereocenters. The molecular formula is C33H39N5O4. The minimum atomic E-state index is -1.51. The van der Waals surface area contributed by atoms with E-state index < -0.39 is 18.0 Å². The van der Waals surface area contributed by atoms with Crippen molar-refractivity contribution in [3.8, 4) is 0 Å². The van der Waals surface area contributed by atoms with Crippen molar-refractivity contribution in [1.29, 1.82) is 0 Å². The lowest BCUT2D eigenvalue weighted by Crippen LogP contribution is -2.65. The molecule has 0 aromatic heterocycles. The Morgan fingerprint density at radius 1 is 1.10 bits per heavy atom. The lowest BCUT2D eigenvalue weighted by atomic mass is 9.68. The fourth-order valence-corrected chi connectivity index (χ4v) is 8.95. The largest absolute Gasteiger partial charge is 0.384 e. The van der Waals surface area contributed by atoms with Crippen LogP contribution >= 0.6 is 0 Å². The zero-order chi connectivity index (χ0) is 28.7. The van der Waals surface area contributed by atoms with Crippen molar-refractivity contribution in [2.45, 2.75) is 80.9 Å². The molecule has 2 aromatic rings. The van der Waals surface area contributed by atoms with Gasteiger partial charge < -0.3 is 25.2 Å². The predicted molar refractivity (Wildman–Crippen MR) is 156 cm³/mol. The molecule has 3 unspecified atom stereocenters. The lowest BCUT2D eigenvalue weighted by Gasteiger charge is -2.47. The van der Waals surface area contributed by atoms with E-state index in [2.05, 4.69) is 40.8 Å². The molecule has 2 N–H and O–H groups in total. The summed E-state index contributed by atoms with van der Waals surface area (Å²) in [5.41, 5.74) is 3.51. The number of likely N-dealkylation sites (N-methyl/N-ethyl adjacent to an activating group) is 1. The van der Waals surface area contributed by atoms with Crippen molar-refractivity contribution >= 4 is 23.4 Å². The summed E-state index contributed by atoms with van der Waals surface area (Å²) in [5.74, 6) is 0.0195. The summed E-state index contributed by atoms with van der Waals surface area (Å²) in [4.78, 5) is 47.7. The number of amides is 3. The second-order valence-corrected chi connectivity index (χ2v) is 13.4. The molecule has 3 amide bonds. The van der Waals surface area contributed by atoms with Crippen molar-refractivity contribution in [2.24, 2.45) is 5.92 Å². The third-order valence-electron chi connectivity index (χ3n) is 10.9. The normalized spacial score (nSPS) is 36.7. The van der Waals surface area contributed by atoms with Gasteiger partial charge in [-0.25, -0.2) is 0 Å². The Hall–Kier alpha value is -3.43.